The fourth-order valence-electron chi connectivity index (χ4n) is 2.73. The minimum atomic E-state index is -0.671. The molecule has 0 saturated carbocycles. The fourth-order valence-corrected chi connectivity index (χ4v) is 2.73. The maximum atomic E-state index is 12.6. The summed E-state index contributed by atoms with van der Waals surface area (Å²) in [6, 6.07) is 20.1. The van der Waals surface area contributed by atoms with Gasteiger partial charge in [0.05, 0.1) is 12.7 Å². The molecule has 2 heterocycles. The summed E-state index contributed by atoms with van der Waals surface area (Å²) in [7, 11) is 0. The van der Waals surface area contributed by atoms with Gasteiger partial charge in [0.2, 0.25) is 0 Å². The molecule has 0 bridgehead atoms. The third-order valence-corrected chi connectivity index (χ3v) is 4.02. The topological polar surface area (TPSA) is 77.1 Å². The lowest BCUT2D eigenvalue weighted by Crippen LogP contribution is -2.22. The second-order valence-electron chi connectivity index (χ2n) is 5.80. The SMILES string of the molecule is O=C(Nc1ccnn1Cc1ccccc1)c1cc2ccccc2oc1=O. The number of para-hydroxylation sites is 1. The van der Waals surface area contributed by atoms with Crippen LogP contribution < -0.4 is 10.9 Å². The molecule has 6 nitrogen and oxygen atoms in total. The summed E-state index contributed by atoms with van der Waals surface area (Å²) in [5.74, 6) is -0.0225. The Balaban J connectivity index is 1.61. The van der Waals surface area contributed by atoms with Crippen LogP contribution in [0.4, 0.5) is 5.82 Å². The number of rotatable bonds is 4. The van der Waals surface area contributed by atoms with E-state index in [-0.39, 0.29) is 5.56 Å². The van der Waals surface area contributed by atoms with Gasteiger partial charge in [-0.05, 0) is 17.7 Å². The van der Waals surface area contributed by atoms with Crippen molar-refractivity contribution in [1.29, 1.82) is 0 Å². The Kier molecular flexibility index (Phi) is 4.07. The molecule has 0 aliphatic rings. The van der Waals surface area contributed by atoms with E-state index in [4.69, 9.17) is 4.42 Å². The van der Waals surface area contributed by atoms with Gasteiger partial charge in [-0.1, -0.05) is 48.5 Å². The van der Waals surface area contributed by atoms with E-state index in [0.29, 0.717) is 23.3 Å². The maximum Gasteiger partial charge on any atom is 0.349 e. The molecule has 1 amide bonds. The molecule has 6 heteroatoms. The quantitative estimate of drug-likeness (QED) is 0.576. The van der Waals surface area contributed by atoms with Crippen molar-refractivity contribution in [3.63, 3.8) is 0 Å². The van der Waals surface area contributed by atoms with Crippen LogP contribution in [0.5, 0.6) is 0 Å². The van der Waals surface area contributed by atoms with E-state index in [1.54, 1.807) is 35.1 Å². The second-order valence-corrected chi connectivity index (χ2v) is 5.80. The van der Waals surface area contributed by atoms with Crippen molar-refractivity contribution in [2.24, 2.45) is 0 Å². The number of amides is 1. The van der Waals surface area contributed by atoms with E-state index >= 15 is 0 Å². The highest BCUT2D eigenvalue weighted by Gasteiger charge is 2.15. The monoisotopic (exact) mass is 345 g/mol. The van der Waals surface area contributed by atoms with Crippen molar-refractivity contribution in [1.82, 2.24) is 9.78 Å². The smallest absolute Gasteiger partial charge is 0.349 e. The van der Waals surface area contributed by atoms with Crippen molar-refractivity contribution in [2.45, 2.75) is 6.54 Å². The first-order chi connectivity index (χ1) is 12.7. The summed E-state index contributed by atoms with van der Waals surface area (Å²) >= 11 is 0. The van der Waals surface area contributed by atoms with Gasteiger partial charge in [-0.2, -0.15) is 5.10 Å². The summed E-state index contributed by atoms with van der Waals surface area (Å²) in [6.07, 6.45) is 1.60. The van der Waals surface area contributed by atoms with Crippen LogP contribution in [0.2, 0.25) is 0 Å². The highest BCUT2D eigenvalue weighted by Crippen LogP contribution is 2.15. The van der Waals surface area contributed by atoms with Crippen LogP contribution in [0.15, 0.2) is 82.1 Å². The molecule has 2 aromatic heterocycles. The van der Waals surface area contributed by atoms with Crippen molar-refractivity contribution in [2.75, 3.05) is 5.32 Å². The van der Waals surface area contributed by atoms with Gasteiger partial charge in [0, 0.05) is 11.5 Å². The van der Waals surface area contributed by atoms with Crippen LogP contribution in [-0.4, -0.2) is 15.7 Å². The van der Waals surface area contributed by atoms with E-state index < -0.39 is 11.5 Å². The minimum absolute atomic E-state index is 0.0452. The highest BCUT2D eigenvalue weighted by molar-refractivity contribution is 6.05. The molecule has 0 fully saturated rings. The average Bonchev–Trinajstić information content (AvgIpc) is 3.08. The van der Waals surface area contributed by atoms with Gasteiger partial charge >= 0.3 is 5.63 Å². The van der Waals surface area contributed by atoms with Gasteiger partial charge in [-0.15, -0.1) is 0 Å². The van der Waals surface area contributed by atoms with E-state index in [2.05, 4.69) is 10.4 Å². The molecule has 0 aliphatic heterocycles. The number of hydrogen-bond donors (Lipinski definition) is 1. The lowest BCUT2D eigenvalue weighted by atomic mass is 10.2. The Morgan fingerprint density at radius 1 is 1.04 bits per heavy atom. The number of nitrogens with zero attached hydrogens (tertiary/aromatic N) is 2. The summed E-state index contributed by atoms with van der Waals surface area (Å²) in [6.45, 7) is 0.510. The van der Waals surface area contributed by atoms with Crippen LogP contribution >= 0.6 is 0 Å². The highest BCUT2D eigenvalue weighted by atomic mass is 16.4. The molecular weight excluding hydrogens is 330 g/mol. The molecule has 0 aliphatic carbocycles. The zero-order chi connectivity index (χ0) is 17.9. The van der Waals surface area contributed by atoms with Crippen molar-refractivity contribution in [3.05, 3.63) is 94.5 Å². The maximum absolute atomic E-state index is 12.6. The Morgan fingerprint density at radius 3 is 2.65 bits per heavy atom. The molecule has 0 saturated heterocycles. The Hall–Kier alpha value is -3.67. The van der Waals surface area contributed by atoms with E-state index in [9.17, 15) is 9.59 Å². The molecule has 128 valence electrons. The molecule has 26 heavy (non-hydrogen) atoms. The number of carbonyl (C=O) groups excluding carboxylic acids is 1. The summed E-state index contributed by atoms with van der Waals surface area (Å²) in [5.41, 5.74) is 0.784. The number of nitrogens with one attached hydrogen (secondary N) is 1. The average molecular weight is 345 g/mol. The molecular formula is C20H15N3O3. The van der Waals surface area contributed by atoms with Crippen LogP contribution in [0.3, 0.4) is 0 Å². The second kappa shape index (κ2) is 6.68. The minimum Gasteiger partial charge on any atom is -0.422 e. The lowest BCUT2D eigenvalue weighted by molar-refractivity contribution is 0.102. The molecule has 4 aromatic rings. The molecule has 2 aromatic carbocycles. The Labute approximate surface area is 148 Å². The zero-order valence-electron chi connectivity index (χ0n) is 13.8. The molecule has 0 atom stereocenters. The van der Waals surface area contributed by atoms with Gasteiger partial charge in [0.25, 0.3) is 5.91 Å². The van der Waals surface area contributed by atoms with E-state index in [1.807, 2.05) is 36.4 Å². The number of fused-ring (bicyclic) bond motifs is 1. The van der Waals surface area contributed by atoms with Crippen LogP contribution in [-0.2, 0) is 6.54 Å². The van der Waals surface area contributed by atoms with E-state index in [1.165, 1.54) is 6.07 Å². The molecule has 4 rings (SSSR count). The normalized spacial score (nSPS) is 10.8. The van der Waals surface area contributed by atoms with Crippen LogP contribution in [0.25, 0.3) is 11.0 Å². The fraction of sp³-hybridized carbons (Fsp3) is 0.0500. The van der Waals surface area contributed by atoms with E-state index in [0.717, 1.165) is 5.56 Å². The largest absolute Gasteiger partial charge is 0.422 e. The zero-order valence-corrected chi connectivity index (χ0v) is 13.8. The summed E-state index contributed by atoms with van der Waals surface area (Å²) < 4.78 is 6.88. The molecule has 1 N–H and O–H groups in total. The number of anilines is 1. The number of aromatic nitrogens is 2. The van der Waals surface area contributed by atoms with Gasteiger partial charge in [-0.3, -0.25) is 4.79 Å². The van der Waals surface area contributed by atoms with Gasteiger partial charge < -0.3 is 9.73 Å². The first-order valence-corrected chi connectivity index (χ1v) is 8.11. The van der Waals surface area contributed by atoms with Crippen LogP contribution in [0, 0.1) is 0 Å². The molecule has 0 spiro atoms. The molecule has 0 unspecified atom stereocenters. The number of hydrogen-bond acceptors (Lipinski definition) is 4. The van der Waals surface area contributed by atoms with Gasteiger partial charge in [-0.25, -0.2) is 9.48 Å². The van der Waals surface area contributed by atoms with Gasteiger partial charge in [0.15, 0.2) is 0 Å². The third kappa shape index (κ3) is 3.12. The predicted octanol–water partition coefficient (Wildman–Crippen LogP) is 3.29. The van der Waals surface area contributed by atoms with Crippen molar-refractivity contribution >= 4 is 22.7 Å². The van der Waals surface area contributed by atoms with Gasteiger partial charge in [0.1, 0.15) is 17.0 Å². The van der Waals surface area contributed by atoms with Crippen molar-refractivity contribution < 1.29 is 9.21 Å². The first-order valence-electron chi connectivity index (χ1n) is 8.11. The number of carbonyl (C=O) groups is 1. The Morgan fingerprint density at radius 2 is 1.81 bits per heavy atom. The number of benzene rings is 2. The standard InChI is InChI=1S/C20H15N3O3/c24-19(16-12-15-8-4-5-9-17(15)26-20(16)25)22-18-10-11-21-23(18)13-14-6-2-1-3-7-14/h1-12H,13H2,(H,22,24). The van der Waals surface area contributed by atoms with Crippen LogP contribution in [0.1, 0.15) is 15.9 Å². The molecule has 0 radical (unpaired) electrons. The third-order valence-electron chi connectivity index (χ3n) is 4.02. The lowest BCUT2D eigenvalue weighted by Gasteiger charge is -2.09. The van der Waals surface area contributed by atoms with Crippen molar-refractivity contribution in [3.8, 4) is 0 Å². The summed E-state index contributed by atoms with van der Waals surface area (Å²) in [4.78, 5) is 24.7. The first kappa shape index (κ1) is 15.8. The predicted molar refractivity (Wildman–Crippen MR) is 98.2 cm³/mol. The summed E-state index contributed by atoms with van der Waals surface area (Å²) in [5, 5.41) is 7.65. The Bertz CT molecular complexity index is 1130.